The lowest BCUT2D eigenvalue weighted by atomic mass is 9.78. The van der Waals surface area contributed by atoms with Gasteiger partial charge in [-0.3, -0.25) is 4.79 Å². The number of hydrogen-bond donors (Lipinski definition) is 2. The molecule has 8 nitrogen and oxygen atoms in total. The highest BCUT2D eigenvalue weighted by molar-refractivity contribution is 6.01. The normalized spacial score (nSPS) is 16.7. The summed E-state index contributed by atoms with van der Waals surface area (Å²) in [6.07, 6.45) is 4.86. The number of aryl methyl sites for hydroxylation is 2. The first-order valence-electron chi connectivity index (χ1n) is 12.5. The van der Waals surface area contributed by atoms with Crippen LogP contribution < -0.4 is 10.1 Å². The number of carbonyl (C=O) groups is 2. The smallest absolute Gasteiger partial charge is 0.336 e. The molecule has 0 unspecified atom stereocenters. The predicted molar refractivity (Wildman–Crippen MR) is 143 cm³/mol. The molecular formula is C30H33N3O5. The van der Waals surface area contributed by atoms with E-state index in [-0.39, 0.29) is 18.3 Å². The van der Waals surface area contributed by atoms with Crippen molar-refractivity contribution < 1.29 is 24.2 Å². The van der Waals surface area contributed by atoms with Crippen molar-refractivity contribution in [1.82, 2.24) is 14.9 Å². The van der Waals surface area contributed by atoms with E-state index in [1.54, 1.807) is 36.3 Å². The van der Waals surface area contributed by atoms with Crippen LogP contribution >= 0.6 is 0 Å². The highest BCUT2D eigenvalue weighted by Gasteiger charge is 2.34. The lowest BCUT2D eigenvalue weighted by molar-refractivity contribution is -0.140. The summed E-state index contributed by atoms with van der Waals surface area (Å²) in [5.74, 6) is 0.815. The number of ketones is 1. The second-order valence-electron chi connectivity index (χ2n) is 9.58. The molecule has 0 bridgehead atoms. The van der Waals surface area contributed by atoms with Gasteiger partial charge in [-0.25, -0.2) is 9.78 Å². The van der Waals surface area contributed by atoms with Gasteiger partial charge in [0.25, 0.3) is 0 Å². The van der Waals surface area contributed by atoms with Crippen LogP contribution in [0.3, 0.4) is 0 Å². The van der Waals surface area contributed by atoms with Crippen LogP contribution in [-0.2, 0) is 28.0 Å². The molecule has 1 aliphatic carbocycles. The molecule has 0 amide bonds. The predicted octanol–water partition coefficient (Wildman–Crippen LogP) is 4.84. The molecule has 2 heterocycles. The van der Waals surface area contributed by atoms with Crippen molar-refractivity contribution in [3.8, 4) is 11.5 Å². The van der Waals surface area contributed by atoms with Crippen LogP contribution in [0.25, 0.3) is 0 Å². The molecule has 198 valence electrons. The number of allylic oxidation sites excluding steroid dienone is 3. The van der Waals surface area contributed by atoms with Crippen LogP contribution in [-0.4, -0.2) is 33.5 Å². The summed E-state index contributed by atoms with van der Waals surface area (Å²) in [6.45, 7) is 3.89. The number of nitrogens with zero attached hydrogens (tertiary/aromatic N) is 2. The van der Waals surface area contributed by atoms with E-state index in [9.17, 15) is 9.59 Å². The third-order valence-electron chi connectivity index (χ3n) is 6.66. The first kappa shape index (κ1) is 26.7. The Morgan fingerprint density at radius 2 is 1.95 bits per heavy atom. The van der Waals surface area contributed by atoms with E-state index in [4.69, 9.17) is 14.6 Å². The number of esters is 1. The van der Waals surface area contributed by atoms with E-state index in [2.05, 4.69) is 10.3 Å². The van der Waals surface area contributed by atoms with Crippen LogP contribution in [0.2, 0.25) is 0 Å². The molecule has 0 radical (unpaired) electrons. The SMILES string of the molecule is COc1ccccc1[C@H]1CC(=O)C2=C(C1)NC(C)=C(C(=O)OCc1cn(C)cn1)C2.Cc1cccc(O)c1. The Kier molecular flexibility index (Phi) is 8.31. The molecule has 2 aliphatic rings. The van der Waals surface area contributed by atoms with E-state index >= 15 is 0 Å². The fourth-order valence-corrected chi connectivity index (χ4v) is 4.74. The Bertz CT molecular complexity index is 1380. The number of Topliss-reactive ketones (excluding diaryl/α,β-unsaturated/α-hetero) is 1. The summed E-state index contributed by atoms with van der Waals surface area (Å²) >= 11 is 0. The van der Waals surface area contributed by atoms with Gasteiger partial charge in [-0.2, -0.15) is 0 Å². The number of phenols is 1. The number of aromatic nitrogens is 2. The van der Waals surface area contributed by atoms with Crippen LogP contribution in [0.15, 0.2) is 83.6 Å². The van der Waals surface area contributed by atoms with E-state index in [0.29, 0.717) is 41.9 Å². The zero-order valence-corrected chi connectivity index (χ0v) is 22.2. The second kappa shape index (κ2) is 11.8. The Morgan fingerprint density at radius 1 is 1.16 bits per heavy atom. The molecule has 0 saturated carbocycles. The number of carbonyl (C=O) groups excluding carboxylic acids is 2. The Morgan fingerprint density at radius 3 is 2.61 bits per heavy atom. The number of dihydropyridines is 1. The fourth-order valence-electron chi connectivity index (χ4n) is 4.74. The summed E-state index contributed by atoms with van der Waals surface area (Å²) in [7, 11) is 3.50. The number of benzene rings is 2. The highest BCUT2D eigenvalue weighted by Crippen LogP contribution is 2.41. The van der Waals surface area contributed by atoms with Gasteiger partial charge in [0.2, 0.25) is 0 Å². The molecule has 0 fully saturated rings. The maximum Gasteiger partial charge on any atom is 0.336 e. The van der Waals surface area contributed by atoms with Crippen molar-refractivity contribution in [2.45, 2.75) is 45.6 Å². The second-order valence-corrected chi connectivity index (χ2v) is 9.58. The van der Waals surface area contributed by atoms with E-state index in [1.807, 2.05) is 57.3 Å². The van der Waals surface area contributed by atoms with Gasteiger partial charge >= 0.3 is 5.97 Å². The number of rotatable bonds is 5. The third kappa shape index (κ3) is 6.32. The summed E-state index contributed by atoms with van der Waals surface area (Å²) in [4.78, 5) is 29.7. The zero-order chi connectivity index (χ0) is 27.2. The topological polar surface area (TPSA) is 103 Å². The molecule has 1 aromatic heterocycles. The van der Waals surface area contributed by atoms with Crippen molar-refractivity contribution in [2.24, 2.45) is 7.05 Å². The first-order chi connectivity index (χ1) is 18.2. The van der Waals surface area contributed by atoms with Crippen molar-refractivity contribution >= 4 is 11.8 Å². The van der Waals surface area contributed by atoms with Crippen molar-refractivity contribution in [3.63, 3.8) is 0 Å². The van der Waals surface area contributed by atoms with Crippen LogP contribution in [0.1, 0.15) is 48.9 Å². The van der Waals surface area contributed by atoms with Gasteiger partial charge < -0.3 is 24.5 Å². The number of hydrogen-bond acceptors (Lipinski definition) is 7. The van der Waals surface area contributed by atoms with Crippen LogP contribution in [0.4, 0.5) is 0 Å². The maximum atomic E-state index is 12.9. The fraction of sp³-hybridized carbons (Fsp3) is 0.300. The molecule has 38 heavy (non-hydrogen) atoms. The summed E-state index contributed by atoms with van der Waals surface area (Å²) < 4.78 is 12.7. The number of nitrogens with one attached hydrogen (secondary N) is 1. The monoisotopic (exact) mass is 515 g/mol. The molecule has 3 aromatic rings. The quantitative estimate of drug-likeness (QED) is 0.469. The number of ether oxygens (including phenoxy) is 2. The van der Waals surface area contributed by atoms with Gasteiger partial charge in [0.05, 0.1) is 24.7 Å². The molecule has 1 atom stereocenters. The lowest BCUT2D eigenvalue weighted by Crippen LogP contribution is -2.31. The average Bonchev–Trinajstić information content (AvgIpc) is 3.32. The minimum Gasteiger partial charge on any atom is -0.508 e. The maximum absolute atomic E-state index is 12.9. The lowest BCUT2D eigenvalue weighted by Gasteiger charge is -2.32. The van der Waals surface area contributed by atoms with Gasteiger partial charge in [-0.1, -0.05) is 30.3 Å². The van der Waals surface area contributed by atoms with Gasteiger partial charge in [-0.05, 0) is 49.6 Å². The number of phenolic OH excluding ortho intramolecular Hbond substituents is 1. The van der Waals surface area contributed by atoms with Gasteiger partial charge in [-0.15, -0.1) is 0 Å². The largest absolute Gasteiger partial charge is 0.508 e. The summed E-state index contributed by atoms with van der Waals surface area (Å²) in [5.41, 5.74) is 5.59. The number of methoxy groups -OCH3 is 1. The van der Waals surface area contributed by atoms with Gasteiger partial charge in [0, 0.05) is 49.0 Å². The van der Waals surface area contributed by atoms with E-state index in [1.165, 1.54) is 0 Å². The van der Waals surface area contributed by atoms with Gasteiger partial charge in [0.15, 0.2) is 5.78 Å². The Balaban J connectivity index is 0.000000360. The van der Waals surface area contributed by atoms with E-state index in [0.717, 1.165) is 28.3 Å². The number of aromatic hydroxyl groups is 1. The standard InChI is InChI=1S/C23H25N3O4.C7H8O/c1-14-18(23(28)30-12-16-11-26(2)13-24-16)10-19-20(25-14)8-15(9-21(19)27)17-6-4-5-7-22(17)29-3;1-6-3-2-4-7(8)5-6/h4-7,11,13,15,25H,8-10,12H2,1-3H3;2-5,8H,1H3/t15-;/m1./s1. The third-order valence-corrected chi connectivity index (χ3v) is 6.66. The minimum atomic E-state index is -0.420. The summed E-state index contributed by atoms with van der Waals surface area (Å²) in [5, 5.41) is 12.1. The van der Waals surface area contributed by atoms with Crippen molar-refractivity contribution in [1.29, 1.82) is 0 Å². The molecular weight excluding hydrogens is 482 g/mol. The van der Waals surface area contributed by atoms with Crippen molar-refractivity contribution in [2.75, 3.05) is 7.11 Å². The van der Waals surface area contributed by atoms with Crippen LogP contribution in [0.5, 0.6) is 11.5 Å². The van der Waals surface area contributed by atoms with Crippen molar-refractivity contribution in [3.05, 3.63) is 100 Å². The molecule has 1 aliphatic heterocycles. The molecule has 2 N–H and O–H groups in total. The minimum absolute atomic E-state index is 0.0466. The molecule has 2 aromatic carbocycles. The number of para-hydroxylation sites is 1. The van der Waals surface area contributed by atoms with E-state index < -0.39 is 5.97 Å². The first-order valence-corrected chi connectivity index (χ1v) is 12.5. The highest BCUT2D eigenvalue weighted by atomic mass is 16.5. The molecule has 0 saturated heterocycles. The van der Waals surface area contributed by atoms with Crippen LogP contribution in [0, 0.1) is 6.92 Å². The Labute approximate surface area is 222 Å². The average molecular weight is 516 g/mol. The Hall–Kier alpha value is -4.33. The summed E-state index contributed by atoms with van der Waals surface area (Å²) in [6, 6.07) is 15.0. The van der Waals surface area contributed by atoms with Gasteiger partial charge in [0.1, 0.15) is 18.1 Å². The number of imidazole rings is 1. The molecule has 8 heteroatoms. The molecule has 0 spiro atoms. The molecule has 5 rings (SSSR count). The zero-order valence-electron chi connectivity index (χ0n) is 22.2.